The lowest BCUT2D eigenvalue weighted by molar-refractivity contribution is -0.142. The predicted octanol–water partition coefficient (Wildman–Crippen LogP) is 1.54. The molecule has 0 aromatic heterocycles. The molecule has 0 fully saturated rings. The van der Waals surface area contributed by atoms with Crippen molar-refractivity contribution in [2.75, 3.05) is 6.54 Å². The van der Waals surface area contributed by atoms with Gasteiger partial charge in [0.2, 0.25) is 11.8 Å². The highest BCUT2D eigenvalue weighted by molar-refractivity contribution is 5.84. The Hall–Kier alpha value is -1.59. The zero-order valence-corrected chi connectivity index (χ0v) is 13.4. The van der Waals surface area contributed by atoms with Gasteiger partial charge in [0.25, 0.3) is 0 Å². The number of hydrogen-bond donors (Lipinski definition) is 3. The predicted molar refractivity (Wildman–Crippen MR) is 80.7 cm³/mol. The number of carboxylic acid groups (broad SMARTS) is 1. The van der Waals surface area contributed by atoms with Gasteiger partial charge in [-0.2, -0.15) is 0 Å². The Morgan fingerprint density at radius 1 is 1.05 bits per heavy atom. The third-order valence-electron chi connectivity index (χ3n) is 2.97. The van der Waals surface area contributed by atoms with Crippen LogP contribution in [0.3, 0.4) is 0 Å². The van der Waals surface area contributed by atoms with E-state index in [9.17, 15) is 14.4 Å². The lowest BCUT2D eigenvalue weighted by Gasteiger charge is -2.16. The van der Waals surface area contributed by atoms with Gasteiger partial charge in [-0.3, -0.25) is 9.59 Å². The van der Waals surface area contributed by atoms with E-state index in [1.165, 1.54) is 0 Å². The van der Waals surface area contributed by atoms with Crippen molar-refractivity contribution in [2.45, 2.75) is 59.4 Å². The van der Waals surface area contributed by atoms with Gasteiger partial charge in [-0.25, -0.2) is 4.79 Å². The van der Waals surface area contributed by atoms with Gasteiger partial charge in [0.05, 0.1) is 0 Å². The monoisotopic (exact) mass is 300 g/mol. The van der Waals surface area contributed by atoms with E-state index >= 15 is 0 Å². The number of carboxylic acids is 1. The number of unbranched alkanes of at least 4 members (excludes halogenated alkanes) is 1. The molecule has 0 rings (SSSR count). The minimum absolute atomic E-state index is 0.0212. The van der Waals surface area contributed by atoms with Crippen molar-refractivity contribution < 1.29 is 19.5 Å². The lowest BCUT2D eigenvalue weighted by atomic mass is 10.1. The summed E-state index contributed by atoms with van der Waals surface area (Å²) >= 11 is 0. The number of carbonyl (C=O) groups excluding carboxylic acids is 2. The molecule has 0 aliphatic heterocycles. The molecule has 0 saturated heterocycles. The molecule has 0 radical (unpaired) electrons. The Balaban J connectivity index is 3.92. The van der Waals surface area contributed by atoms with Crippen LogP contribution in [0, 0.1) is 11.8 Å². The summed E-state index contributed by atoms with van der Waals surface area (Å²) in [7, 11) is 0. The standard InChI is InChI=1S/C15H28N2O4/c1-10(2)9-13(18)16-8-6-5-7-12(15(20)21)17-14(19)11(3)4/h10-12H,5-9H2,1-4H3,(H,16,18)(H,17,19)(H,20,21). The summed E-state index contributed by atoms with van der Waals surface area (Å²) < 4.78 is 0. The molecule has 1 unspecified atom stereocenters. The number of carbonyl (C=O) groups is 3. The van der Waals surface area contributed by atoms with Crippen molar-refractivity contribution in [1.82, 2.24) is 10.6 Å². The molecule has 122 valence electrons. The third kappa shape index (κ3) is 9.87. The van der Waals surface area contributed by atoms with E-state index < -0.39 is 12.0 Å². The van der Waals surface area contributed by atoms with E-state index in [0.29, 0.717) is 38.1 Å². The first-order valence-electron chi connectivity index (χ1n) is 7.54. The Kier molecular flexibility index (Phi) is 9.41. The van der Waals surface area contributed by atoms with Gasteiger partial charge in [0, 0.05) is 18.9 Å². The molecule has 0 saturated carbocycles. The average Bonchev–Trinajstić information content (AvgIpc) is 2.35. The second-order valence-electron chi connectivity index (χ2n) is 6.00. The minimum atomic E-state index is -1.02. The highest BCUT2D eigenvalue weighted by Crippen LogP contribution is 2.04. The molecule has 1 atom stereocenters. The van der Waals surface area contributed by atoms with Crippen molar-refractivity contribution in [2.24, 2.45) is 11.8 Å². The molecule has 0 spiro atoms. The van der Waals surface area contributed by atoms with Crippen molar-refractivity contribution in [3.8, 4) is 0 Å². The van der Waals surface area contributed by atoms with Crippen LogP contribution in [0.1, 0.15) is 53.4 Å². The molecule has 0 aliphatic carbocycles. The fourth-order valence-corrected chi connectivity index (χ4v) is 1.74. The molecular formula is C15H28N2O4. The molecule has 6 heteroatoms. The highest BCUT2D eigenvalue weighted by atomic mass is 16.4. The highest BCUT2D eigenvalue weighted by Gasteiger charge is 2.20. The van der Waals surface area contributed by atoms with E-state index in [2.05, 4.69) is 10.6 Å². The molecular weight excluding hydrogens is 272 g/mol. The third-order valence-corrected chi connectivity index (χ3v) is 2.97. The van der Waals surface area contributed by atoms with Crippen molar-refractivity contribution in [3.05, 3.63) is 0 Å². The van der Waals surface area contributed by atoms with Crippen LogP contribution in [0.4, 0.5) is 0 Å². The number of rotatable bonds is 10. The van der Waals surface area contributed by atoms with E-state index in [0.717, 1.165) is 0 Å². The van der Waals surface area contributed by atoms with Crippen LogP contribution in [0.2, 0.25) is 0 Å². The van der Waals surface area contributed by atoms with Crippen LogP contribution < -0.4 is 10.6 Å². The lowest BCUT2D eigenvalue weighted by Crippen LogP contribution is -2.42. The zero-order chi connectivity index (χ0) is 16.4. The van der Waals surface area contributed by atoms with E-state index in [-0.39, 0.29) is 17.7 Å². The first kappa shape index (κ1) is 19.4. The number of amides is 2. The number of hydrogen-bond acceptors (Lipinski definition) is 3. The van der Waals surface area contributed by atoms with Crippen LogP contribution in [-0.2, 0) is 14.4 Å². The molecule has 3 N–H and O–H groups in total. The second-order valence-corrected chi connectivity index (χ2v) is 6.00. The SMILES string of the molecule is CC(C)CC(=O)NCCCCC(NC(=O)C(C)C)C(=O)O. The van der Waals surface area contributed by atoms with Gasteiger partial charge in [0.1, 0.15) is 6.04 Å². The fourth-order valence-electron chi connectivity index (χ4n) is 1.74. The maximum absolute atomic E-state index is 11.5. The first-order valence-corrected chi connectivity index (χ1v) is 7.54. The van der Waals surface area contributed by atoms with E-state index in [1.54, 1.807) is 13.8 Å². The van der Waals surface area contributed by atoms with E-state index in [1.807, 2.05) is 13.8 Å². The smallest absolute Gasteiger partial charge is 0.326 e. The van der Waals surface area contributed by atoms with Crippen molar-refractivity contribution in [3.63, 3.8) is 0 Å². The molecule has 0 aliphatic rings. The summed E-state index contributed by atoms with van der Waals surface area (Å²) in [4.78, 5) is 34.0. The maximum atomic E-state index is 11.5. The van der Waals surface area contributed by atoms with E-state index in [4.69, 9.17) is 5.11 Å². The van der Waals surface area contributed by atoms with Gasteiger partial charge in [-0.1, -0.05) is 27.7 Å². The Bertz CT molecular complexity index is 354. The Morgan fingerprint density at radius 3 is 2.14 bits per heavy atom. The van der Waals surface area contributed by atoms with Crippen molar-refractivity contribution in [1.29, 1.82) is 0 Å². The molecule has 0 aromatic rings. The Morgan fingerprint density at radius 2 is 1.67 bits per heavy atom. The minimum Gasteiger partial charge on any atom is -0.480 e. The molecule has 6 nitrogen and oxygen atoms in total. The van der Waals surface area contributed by atoms with Crippen LogP contribution in [0.15, 0.2) is 0 Å². The van der Waals surface area contributed by atoms with Gasteiger partial charge in [-0.05, 0) is 25.2 Å². The summed E-state index contributed by atoms with van der Waals surface area (Å²) in [6, 6.07) is -0.855. The molecule has 0 heterocycles. The number of aliphatic carboxylic acids is 1. The van der Waals surface area contributed by atoms with Gasteiger partial charge in [-0.15, -0.1) is 0 Å². The van der Waals surface area contributed by atoms with Crippen LogP contribution in [0.5, 0.6) is 0 Å². The fraction of sp³-hybridized carbons (Fsp3) is 0.800. The zero-order valence-electron chi connectivity index (χ0n) is 13.4. The van der Waals surface area contributed by atoms with Crippen molar-refractivity contribution >= 4 is 17.8 Å². The summed E-state index contributed by atoms with van der Waals surface area (Å²) in [5, 5.41) is 14.4. The summed E-state index contributed by atoms with van der Waals surface area (Å²) in [6.07, 6.45) is 2.21. The summed E-state index contributed by atoms with van der Waals surface area (Å²) in [5.41, 5.74) is 0. The molecule has 0 aromatic carbocycles. The molecule has 2 amide bonds. The summed E-state index contributed by atoms with van der Waals surface area (Å²) in [6.45, 7) is 7.94. The van der Waals surface area contributed by atoms with Gasteiger partial charge in [0.15, 0.2) is 0 Å². The number of nitrogens with one attached hydrogen (secondary N) is 2. The van der Waals surface area contributed by atoms with Crippen LogP contribution in [-0.4, -0.2) is 35.5 Å². The first-order chi connectivity index (χ1) is 9.73. The van der Waals surface area contributed by atoms with Crippen LogP contribution in [0.25, 0.3) is 0 Å². The molecule has 21 heavy (non-hydrogen) atoms. The normalized spacial score (nSPS) is 12.3. The van der Waals surface area contributed by atoms with Crippen LogP contribution >= 0.6 is 0 Å². The largest absolute Gasteiger partial charge is 0.480 e. The topological polar surface area (TPSA) is 95.5 Å². The second kappa shape index (κ2) is 10.2. The van der Waals surface area contributed by atoms with Gasteiger partial charge < -0.3 is 15.7 Å². The summed E-state index contributed by atoms with van der Waals surface area (Å²) in [5.74, 6) is -1.16. The van der Waals surface area contributed by atoms with Gasteiger partial charge >= 0.3 is 5.97 Å². The average molecular weight is 300 g/mol. The Labute approximate surface area is 126 Å². The quantitative estimate of drug-likeness (QED) is 0.533. The molecule has 0 bridgehead atoms. The maximum Gasteiger partial charge on any atom is 0.326 e.